The number of amides is 2. The fourth-order valence-corrected chi connectivity index (χ4v) is 6.93. The molecule has 55 heavy (non-hydrogen) atoms. The van der Waals surface area contributed by atoms with Crippen molar-refractivity contribution in [1.82, 2.24) is 20.8 Å². The number of nitrogens with zero attached hydrogens (tertiary/aromatic N) is 4. The van der Waals surface area contributed by atoms with E-state index in [0.717, 1.165) is 64.2 Å². The van der Waals surface area contributed by atoms with Crippen LogP contribution in [-0.2, 0) is 20.7 Å². The van der Waals surface area contributed by atoms with Crippen molar-refractivity contribution in [2.75, 3.05) is 6.61 Å². The second-order valence-corrected chi connectivity index (χ2v) is 15.1. The maximum Gasteiger partial charge on any atom is 0.341 e. The SMILES string of the molecule is C=C=NC(C(=O)NC1CCCCC1)C(=O)OCC.CCCCCCCCCCC#N.CCCCCCCCCCCc1nc(C(=O)NC2CCCCC2)no1. The average molecular weight is 769 g/mol. The highest BCUT2D eigenvalue weighted by Gasteiger charge is 2.29. The topological polar surface area (TPSA) is 160 Å². The van der Waals surface area contributed by atoms with Gasteiger partial charge in [0.25, 0.3) is 17.6 Å². The predicted octanol–water partition coefficient (Wildman–Crippen LogP) is 10.5. The van der Waals surface area contributed by atoms with E-state index in [-0.39, 0.29) is 30.4 Å². The fraction of sp³-hybridized carbons (Fsp3) is 0.818. The lowest BCUT2D eigenvalue weighted by atomic mass is 9.95. The molecule has 1 atom stereocenters. The number of nitrogens with one attached hydrogen (secondary N) is 2. The number of rotatable bonds is 25. The van der Waals surface area contributed by atoms with E-state index in [2.05, 4.69) is 58.1 Å². The number of unbranched alkanes of at least 4 members (excludes halogenated alkanes) is 16. The molecule has 0 aromatic carbocycles. The second kappa shape index (κ2) is 34.9. The summed E-state index contributed by atoms with van der Waals surface area (Å²) in [5, 5.41) is 18.0. The van der Waals surface area contributed by atoms with Gasteiger partial charge < -0.3 is 19.9 Å². The molecule has 0 radical (unpaired) electrons. The third kappa shape index (κ3) is 26.1. The van der Waals surface area contributed by atoms with Crippen LogP contribution in [0.5, 0.6) is 0 Å². The molecular weight excluding hydrogens is 693 g/mol. The first-order valence-electron chi connectivity index (χ1n) is 22.1. The van der Waals surface area contributed by atoms with Crippen LogP contribution < -0.4 is 10.6 Å². The molecule has 1 aromatic rings. The number of aromatic nitrogens is 2. The summed E-state index contributed by atoms with van der Waals surface area (Å²) in [6.07, 6.45) is 34.8. The number of carbonyl (C=O) groups excluding carboxylic acids is 3. The highest BCUT2D eigenvalue weighted by atomic mass is 16.5. The van der Waals surface area contributed by atoms with Gasteiger partial charge in [0.2, 0.25) is 11.9 Å². The number of carbonyl (C=O) groups is 3. The summed E-state index contributed by atoms with van der Waals surface area (Å²) in [6.45, 7) is 9.70. The Kier molecular flexibility index (Phi) is 31.5. The molecule has 1 heterocycles. The number of ether oxygens (including phenoxy) is 1. The summed E-state index contributed by atoms with van der Waals surface area (Å²) < 4.78 is 10.0. The van der Waals surface area contributed by atoms with Crippen molar-refractivity contribution in [1.29, 1.82) is 5.26 Å². The van der Waals surface area contributed by atoms with Gasteiger partial charge in [-0.15, -0.1) is 0 Å². The molecule has 11 nitrogen and oxygen atoms in total. The van der Waals surface area contributed by atoms with E-state index in [4.69, 9.17) is 14.5 Å². The Hall–Kier alpha value is -3.51. The largest absolute Gasteiger partial charge is 0.464 e. The van der Waals surface area contributed by atoms with Gasteiger partial charge in [-0.2, -0.15) is 10.2 Å². The number of aryl methyl sites for hydroxylation is 1. The maximum atomic E-state index is 12.2. The smallest absolute Gasteiger partial charge is 0.341 e. The van der Waals surface area contributed by atoms with Gasteiger partial charge in [-0.25, -0.2) is 9.79 Å². The molecule has 0 bridgehead atoms. The van der Waals surface area contributed by atoms with Gasteiger partial charge in [-0.05, 0) is 57.9 Å². The Morgan fingerprint density at radius 2 is 1.25 bits per heavy atom. The van der Waals surface area contributed by atoms with Crippen LogP contribution in [0.2, 0.25) is 0 Å². The molecule has 2 saturated carbocycles. The minimum absolute atomic E-state index is 0.142. The van der Waals surface area contributed by atoms with Gasteiger partial charge in [0.1, 0.15) is 0 Å². The molecule has 0 saturated heterocycles. The lowest BCUT2D eigenvalue weighted by Gasteiger charge is -2.23. The molecule has 2 aliphatic rings. The summed E-state index contributed by atoms with van der Waals surface area (Å²) >= 11 is 0. The van der Waals surface area contributed by atoms with Crippen LogP contribution in [0.1, 0.15) is 217 Å². The molecule has 0 aliphatic heterocycles. The second-order valence-electron chi connectivity index (χ2n) is 15.1. The van der Waals surface area contributed by atoms with Gasteiger partial charge in [0.15, 0.2) is 0 Å². The summed E-state index contributed by atoms with van der Waals surface area (Å²) in [7, 11) is 0. The number of nitriles is 1. The minimum atomic E-state index is -1.18. The highest BCUT2D eigenvalue weighted by molar-refractivity contribution is 6.03. The maximum absolute atomic E-state index is 12.2. The van der Waals surface area contributed by atoms with Gasteiger partial charge >= 0.3 is 5.97 Å². The molecule has 0 spiro atoms. The Balaban J connectivity index is 0.000000442. The number of esters is 1. The zero-order valence-corrected chi connectivity index (χ0v) is 35.0. The van der Waals surface area contributed by atoms with Crippen molar-refractivity contribution in [2.45, 2.75) is 225 Å². The van der Waals surface area contributed by atoms with Gasteiger partial charge in [-0.1, -0.05) is 154 Å². The van der Waals surface area contributed by atoms with Gasteiger partial charge in [-0.3, -0.25) is 9.59 Å². The first kappa shape index (κ1) is 49.5. The van der Waals surface area contributed by atoms with Crippen LogP contribution in [0, 0.1) is 11.3 Å². The lowest BCUT2D eigenvalue weighted by molar-refractivity contribution is -0.148. The Bertz CT molecular complexity index is 1210. The van der Waals surface area contributed by atoms with Crippen LogP contribution in [-0.4, -0.2) is 58.5 Å². The molecule has 2 N–H and O–H groups in total. The van der Waals surface area contributed by atoms with Crippen molar-refractivity contribution < 1.29 is 23.6 Å². The standard InChI is InChI=1S/C20H35N3O2.C13H20N2O3.C11H21N/c1-2-3-4-5-6-7-8-9-13-16-18-22-19(23-25-18)20(24)21-17-14-11-10-12-15-17;1-3-14-11(13(17)18-4-2)12(16)15-10-8-6-5-7-9-10;1-2-3-4-5-6-7-8-9-10-11-12/h17H,2-16H2,1H3,(H,21,24);10-11H,1,4-9H2,2H3,(H,15,16);2-10H2,1H3. The van der Waals surface area contributed by atoms with Crippen LogP contribution in [0.4, 0.5) is 0 Å². The van der Waals surface area contributed by atoms with E-state index >= 15 is 0 Å². The number of hydrogen-bond donors (Lipinski definition) is 2. The summed E-state index contributed by atoms with van der Waals surface area (Å²) in [4.78, 5) is 43.6. The normalized spacial score (nSPS) is 14.8. The van der Waals surface area contributed by atoms with E-state index in [1.807, 2.05) is 0 Å². The molecule has 2 amide bonds. The zero-order chi connectivity index (χ0) is 40.2. The van der Waals surface area contributed by atoms with E-state index in [9.17, 15) is 14.4 Å². The van der Waals surface area contributed by atoms with E-state index in [0.29, 0.717) is 5.89 Å². The van der Waals surface area contributed by atoms with Crippen LogP contribution >= 0.6 is 0 Å². The molecule has 1 aromatic heterocycles. The molecule has 2 aliphatic carbocycles. The molecule has 11 heteroatoms. The highest BCUT2D eigenvalue weighted by Crippen LogP contribution is 2.19. The molecular formula is C44H76N6O5. The van der Waals surface area contributed by atoms with Crippen molar-refractivity contribution >= 4 is 23.7 Å². The average Bonchev–Trinajstić information content (AvgIpc) is 3.68. The molecule has 312 valence electrons. The number of aliphatic imine (C=N–C) groups is 1. The molecule has 3 rings (SSSR count). The minimum Gasteiger partial charge on any atom is -0.464 e. The van der Waals surface area contributed by atoms with Crippen LogP contribution in [0.15, 0.2) is 16.1 Å². The molecule has 1 unspecified atom stereocenters. The van der Waals surface area contributed by atoms with Crippen molar-refractivity contribution in [2.24, 2.45) is 4.99 Å². The third-order valence-corrected chi connectivity index (χ3v) is 10.2. The van der Waals surface area contributed by atoms with E-state index < -0.39 is 17.9 Å². The Morgan fingerprint density at radius 1 is 0.764 bits per heavy atom. The first-order chi connectivity index (χ1) is 26.9. The van der Waals surface area contributed by atoms with E-state index in [1.165, 1.54) is 122 Å². The van der Waals surface area contributed by atoms with Gasteiger partial charge in [0, 0.05) is 24.9 Å². The Morgan fingerprint density at radius 3 is 1.75 bits per heavy atom. The summed E-state index contributed by atoms with van der Waals surface area (Å²) in [6, 6.07) is 1.42. The fourth-order valence-electron chi connectivity index (χ4n) is 6.93. The summed E-state index contributed by atoms with van der Waals surface area (Å²) in [5.74, 6) is 1.77. The quantitative estimate of drug-likeness (QED) is 0.0430. The molecule has 2 fully saturated rings. The van der Waals surface area contributed by atoms with Crippen molar-refractivity contribution in [3.05, 3.63) is 18.3 Å². The summed E-state index contributed by atoms with van der Waals surface area (Å²) in [5.41, 5.74) is 0. The first-order valence-corrected chi connectivity index (χ1v) is 22.1. The van der Waals surface area contributed by atoms with Crippen molar-refractivity contribution in [3.8, 4) is 6.07 Å². The monoisotopic (exact) mass is 769 g/mol. The van der Waals surface area contributed by atoms with Crippen LogP contribution in [0.25, 0.3) is 0 Å². The van der Waals surface area contributed by atoms with Crippen LogP contribution in [0.3, 0.4) is 0 Å². The third-order valence-electron chi connectivity index (χ3n) is 10.2. The predicted molar refractivity (Wildman–Crippen MR) is 221 cm³/mol. The van der Waals surface area contributed by atoms with E-state index in [1.54, 1.807) is 6.92 Å². The van der Waals surface area contributed by atoms with Crippen molar-refractivity contribution in [3.63, 3.8) is 0 Å². The Labute approximate surface area is 333 Å². The number of hydrogen-bond acceptors (Lipinski definition) is 9. The van der Waals surface area contributed by atoms with Gasteiger partial charge in [0.05, 0.1) is 12.7 Å². The lowest BCUT2D eigenvalue weighted by Crippen LogP contribution is -2.45. The zero-order valence-electron chi connectivity index (χ0n) is 35.0.